The molecular formula is C14H23NO. The molecule has 2 rings (SSSR count). The molecule has 3 atom stereocenters. The van der Waals surface area contributed by atoms with Gasteiger partial charge in [0.25, 0.3) is 0 Å². The third kappa shape index (κ3) is 2.88. The van der Waals surface area contributed by atoms with E-state index >= 15 is 0 Å². The molecule has 1 fully saturated rings. The van der Waals surface area contributed by atoms with Crippen molar-refractivity contribution in [3.8, 4) is 0 Å². The Kier molecular flexibility index (Phi) is 4.05. The predicted octanol–water partition coefficient (Wildman–Crippen LogP) is 3.58. The van der Waals surface area contributed by atoms with Crippen molar-refractivity contribution in [3.63, 3.8) is 0 Å². The Morgan fingerprint density at radius 2 is 2.31 bits per heavy atom. The average molecular weight is 221 g/mol. The van der Waals surface area contributed by atoms with Gasteiger partial charge in [-0.2, -0.15) is 0 Å². The van der Waals surface area contributed by atoms with Crippen molar-refractivity contribution in [1.82, 2.24) is 5.32 Å². The summed E-state index contributed by atoms with van der Waals surface area (Å²) in [4.78, 5) is 0. The highest BCUT2D eigenvalue weighted by Crippen LogP contribution is 2.31. The zero-order valence-corrected chi connectivity index (χ0v) is 10.4. The maximum atomic E-state index is 5.08. The Morgan fingerprint density at radius 3 is 3.00 bits per heavy atom. The molecule has 1 aliphatic rings. The standard InChI is InChI=1S/C14H23NO/c1-3-13-8-11(2)4-5-14(13)15-9-12-6-7-16-10-12/h6-7,10-11,13-15H,3-5,8-9H2,1-2H3. The minimum atomic E-state index is 0.705. The van der Waals surface area contributed by atoms with Crippen molar-refractivity contribution in [3.05, 3.63) is 24.2 Å². The van der Waals surface area contributed by atoms with E-state index in [-0.39, 0.29) is 0 Å². The van der Waals surface area contributed by atoms with Crippen LogP contribution in [0.3, 0.4) is 0 Å². The largest absolute Gasteiger partial charge is 0.472 e. The number of furan rings is 1. The second-order valence-corrected chi connectivity index (χ2v) is 5.21. The molecule has 0 aromatic carbocycles. The first-order chi connectivity index (χ1) is 7.79. The normalized spacial score (nSPS) is 30.5. The van der Waals surface area contributed by atoms with E-state index in [0.717, 1.165) is 18.4 Å². The molecule has 0 aliphatic heterocycles. The van der Waals surface area contributed by atoms with Crippen LogP contribution < -0.4 is 5.32 Å². The number of nitrogens with one attached hydrogen (secondary N) is 1. The summed E-state index contributed by atoms with van der Waals surface area (Å²) < 4.78 is 5.08. The smallest absolute Gasteiger partial charge is 0.0947 e. The summed E-state index contributed by atoms with van der Waals surface area (Å²) in [6.07, 6.45) is 8.97. The molecule has 0 amide bonds. The summed E-state index contributed by atoms with van der Waals surface area (Å²) in [5.74, 6) is 1.77. The van der Waals surface area contributed by atoms with E-state index in [1.165, 1.54) is 31.2 Å². The number of rotatable bonds is 4. The summed E-state index contributed by atoms with van der Waals surface area (Å²) in [5.41, 5.74) is 1.26. The minimum absolute atomic E-state index is 0.705. The van der Waals surface area contributed by atoms with Crippen molar-refractivity contribution in [2.45, 2.75) is 52.1 Å². The molecule has 1 heterocycles. The Balaban J connectivity index is 1.83. The number of hydrogen-bond donors (Lipinski definition) is 1. The van der Waals surface area contributed by atoms with Crippen LogP contribution in [0.2, 0.25) is 0 Å². The fraction of sp³-hybridized carbons (Fsp3) is 0.714. The lowest BCUT2D eigenvalue weighted by Crippen LogP contribution is -2.39. The highest BCUT2D eigenvalue weighted by atomic mass is 16.3. The molecule has 2 heteroatoms. The Bertz CT molecular complexity index is 294. The van der Waals surface area contributed by atoms with Gasteiger partial charge in [-0.1, -0.05) is 20.3 Å². The summed E-state index contributed by atoms with van der Waals surface area (Å²) in [5, 5.41) is 3.69. The van der Waals surface area contributed by atoms with Gasteiger partial charge in [-0.05, 0) is 37.2 Å². The van der Waals surface area contributed by atoms with E-state index in [1.807, 2.05) is 12.3 Å². The molecule has 1 aromatic heterocycles. The molecule has 90 valence electrons. The van der Waals surface area contributed by atoms with Gasteiger partial charge >= 0.3 is 0 Å². The van der Waals surface area contributed by atoms with Crippen LogP contribution in [0.5, 0.6) is 0 Å². The van der Waals surface area contributed by atoms with Crippen molar-refractivity contribution >= 4 is 0 Å². The van der Waals surface area contributed by atoms with E-state index in [9.17, 15) is 0 Å². The predicted molar refractivity (Wildman–Crippen MR) is 66.1 cm³/mol. The SMILES string of the molecule is CCC1CC(C)CCC1NCc1ccoc1. The zero-order valence-electron chi connectivity index (χ0n) is 10.4. The van der Waals surface area contributed by atoms with E-state index in [0.29, 0.717) is 6.04 Å². The molecule has 16 heavy (non-hydrogen) atoms. The van der Waals surface area contributed by atoms with Gasteiger partial charge in [0.05, 0.1) is 12.5 Å². The van der Waals surface area contributed by atoms with Gasteiger partial charge in [0.1, 0.15) is 0 Å². The lowest BCUT2D eigenvalue weighted by atomic mass is 9.77. The Morgan fingerprint density at radius 1 is 1.44 bits per heavy atom. The molecule has 0 radical (unpaired) electrons. The van der Waals surface area contributed by atoms with Gasteiger partial charge in [0, 0.05) is 18.2 Å². The van der Waals surface area contributed by atoms with Gasteiger partial charge in [0.2, 0.25) is 0 Å². The Labute approximate surface area is 98.4 Å². The average Bonchev–Trinajstić information content (AvgIpc) is 2.80. The highest BCUT2D eigenvalue weighted by molar-refractivity contribution is 5.05. The lowest BCUT2D eigenvalue weighted by Gasteiger charge is -2.35. The third-order valence-corrected chi connectivity index (χ3v) is 3.92. The van der Waals surface area contributed by atoms with Crippen LogP contribution in [0, 0.1) is 11.8 Å². The summed E-state index contributed by atoms with van der Waals surface area (Å²) in [6.45, 7) is 5.65. The van der Waals surface area contributed by atoms with Crippen LogP contribution in [0.25, 0.3) is 0 Å². The zero-order chi connectivity index (χ0) is 11.4. The second kappa shape index (κ2) is 5.53. The molecule has 2 nitrogen and oxygen atoms in total. The first kappa shape index (κ1) is 11.7. The van der Waals surface area contributed by atoms with Crippen LogP contribution in [0.15, 0.2) is 23.0 Å². The first-order valence-corrected chi connectivity index (χ1v) is 6.54. The Hall–Kier alpha value is -0.760. The fourth-order valence-corrected chi connectivity index (χ4v) is 2.86. The van der Waals surface area contributed by atoms with Crippen LogP contribution >= 0.6 is 0 Å². The topological polar surface area (TPSA) is 25.2 Å². The maximum absolute atomic E-state index is 5.08. The quantitative estimate of drug-likeness (QED) is 0.840. The molecule has 1 saturated carbocycles. The number of hydrogen-bond acceptors (Lipinski definition) is 2. The van der Waals surface area contributed by atoms with Crippen LogP contribution in [0.1, 0.15) is 45.1 Å². The highest BCUT2D eigenvalue weighted by Gasteiger charge is 2.26. The van der Waals surface area contributed by atoms with Crippen molar-refractivity contribution in [1.29, 1.82) is 0 Å². The first-order valence-electron chi connectivity index (χ1n) is 6.54. The molecule has 0 bridgehead atoms. The van der Waals surface area contributed by atoms with E-state index < -0.39 is 0 Å². The van der Waals surface area contributed by atoms with E-state index in [1.54, 1.807) is 6.26 Å². The van der Waals surface area contributed by atoms with Gasteiger partial charge in [-0.25, -0.2) is 0 Å². The van der Waals surface area contributed by atoms with Crippen LogP contribution in [-0.4, -0.2) is 6.04 Å². The van der Waals surface area contributed by atoms with Crippen LogP contribution in [-0.2, 0) is 6.54 Å². The van der Waals surface area contributed by atoms with Gasteiger partial charge in [-0.3, -0.25) is 0 Å². The van der Waals surface area contributed by atoms with Crippen molar-refractivity contribution in [2.24, 2.45) is 11.8 Å². The fourth-order valence-electron chi connectivity index (χ4n) is 2.86. The van der Waals surface area contributed by atoms with E-state index in [2.05, 4.69) is 19.2 Å². The molecule has 3 unspecified atom stereocenters. The summed E-state index contributed by atoms with van der Waals surface area (Å²) >= 11 is 0. The molecule has 0 spiro atoms. The molecule has 0 saturated heterocycles. The summed E-state index contributed by atoms with van der Waals surface area (Å²) in [7, 11) is 0. The molecule has 1 aliphatic carbocycles. The minimum Gasteiger partial charge on any atom is -0.472 e. The summed E-state index contributed by atoms with van der Waals surface area (Å²) in [6, 6.07) is 2.75. The lowest BCUT2D eigenvalue weighted by molar-refractivity contribution is 0.206. The maximum Gasteiger partial charge on any atom is 0.0947 e. The van der Waals surface area contributed by atoms with Gasteiger partial charge in [0.15, 0.2) is 0 Å². The van der Waals surface area contributed by atoms with Gasteiger partial charge < -0.3 is 9.73 Å². The molecule has 1 aromatic rings. The molecular weight excluding hydrogens is 198 g/mol. The van der Waals surface area contributed by atoms with E-state index in [4.69, 9.17) is 4.42 Å². The van der Waals surface area contributed by atoms with Crippen LogP contribution in [0.4, 0.5) is 0 Å². The van der Waals surface area contributed by atoms with Crippen molar-refractivity contribution in [2.75, 3.05) is 0 Å². The second-order valence-electron chi connectivity index (χ2n) is 5.21. The van der Waals surface area contributed by atoms with Crippen molar-refractivity contribution < 1.29 is 4.42 Å². The van der Waals surface area contributed by atoms with Gasteiger partial charge in [-0.15, -0.1) is 0 Å². The molecule has 1 N–H and O–H groups in total. The monoisotopic (exact) mass is 221 g/mol. The third-order valence-electron chi connectivity index (χ3n) is 3.92.